The lowest BCUT2D eigenvalue weighted by Crippen LogP contribution is -2.59. The van der Waals surface area contributed by atoms with Crippen LogP contribution in [0.4, 0.5) is 0 Å². The first-order valence-electron chi connectivity index (χ1n) is 5.79. The molecule has 0 aromatic heterocycles. The van der Waals surface area contributed by atoms with Crippen LogP contribution in [-0.2, 0) is 4.79 Å². The van der Waals surface area contributed by atoms with E-state index in [0.29, 0.717) is 19.1 Å². The summed E-state index contributed by atoms with van der Waals surface area (Å²) in [6.07, 6.45) is 2.40. The van der Waals surface area contributed by atoms with Gasteiger partial charge >= 0.3 is 0 Å². The van der Waals surface area contributed by atoms with Gasteiger partial charge in [-0.1, -0.05) is 0 Å². The van der Waals surface area contributed by atoms with E-state index in [1.807, 2.05) is 4.90 Å². The Morgan fingerprint density at radius 3 is 2.53 bits per heavy atom. The van der Waals surface area contributed by atoms with Crippen LogP contribution in [0.1, 0.15) is 26.7 Å². The summed E-state index contributed by atoms with van der Waals surface area (Å²) in [4.78, 5) is 16.1. The quantitative estimate of drug-likeness (QED) is 0.716. The van der Waals surface area contributed by atoms with Crippen LogP contribution >= 0.6 is 0 Å². The van der Waals surface area contributed by atoms with E-state index in [0.717, 1.165) is 13.1 Å². The van der Waals surface area contributed by atoms with Gasteiger partial charge < -0.3 is 10.6 Å². The first-order chi connectivity index (χ1) is 7.04. The number of carbonyl (C=O) groups excluding carboxylic acids is 1. The molecule has 0 atom stereocenters. The van der Waals surface area contributed by atoms with Crippen molar-refractivity contribution in [2.24, 2.45) is 5.73 Å². The number of nitrogens with two attached hydrogens (primary N) is 1. The fraction of sp³-hybridized carbons (Fsp3) is 0.909. The van der Waals surface area contributed by atoms with Gasteiger partial charge in [0.15, 0.2) is 0 Å². The Balaban J connectivity index is 1.95. The molecule has 2 rings (SSSR count). The normalized spacial score (nSPS) is 24.7. The van der Waals surface area contributed by atoms with E-state index < -0.39 is 0 Å². The summed E-state index contributed by atoms with van der Waals surface area (Å²) in [5.74, 6) is 0.283. The summed E-state index contributed by atoms with van der Waals surface area (Å²) in [5.41, 5.74) is 5.67. The number of carbonyl (C=O) groups is 1. The number of amides is 1. The molecule has 0 bridgehead atoms. The monoisotopic (exact) mass is 211 g/mol. The molecule has 15 heavy (non-hydrogen) atoms. The largest absolute Gasteiger partial charge is 0.337 e. The predicted molar refractivity (Wildman–Crippen MR) is 59.4 cm³/mol. The van der Waals surface area contributed by atoms with Crippen LogP contribution in [0.5, 0.6) is 0 Å². The van der Waals surface area contributed by atoms with Crippen LogP contribution in [0, 0.1) is 0 Å². The van der Waals surface area contributed by atoms with Crippen molar-refractivity contribution in [2.45, 2.75) is 38.3 Å². The summed E-state index contributed by atoms with van der Waals surface area (Å²) in [7, 11) is 0. The minimum absolute atomic E-state index is 0.0503. The van der Waals surface area contributed by atoms with Crippen molar-refractivity contribution in [3.63, 3.8) is 0 Å². The third kappa shape index (κ3) is 2.16. The smallest absolute Gasteiger partial charge is 0.237 e. The second kappa shape index (κ2) is 3.76. The molecule has 0 aromatic rings. The molecule has 0 aromatic carbocycles. The van der Waals surface area contributed by atoms with Gasteiger partial charge in [-0.15, -0.1) is 0 Å². The van der Waals surface area contributed by atoms with Gasteiger partial charge in [-0.25, -0.2) is 0 Å². The van der Waals surface area contributed by atoms with Crippen LogP contribution in [0.2, 0.25) is 0 Å². The molecule has 1 saturated carbocycles. The summed E-state index contributed by atoms with van der Waals surface area (Å²) >= 11 is 0. The highest BCUT2D eigenvalue weighted by Crippen LogP contribution is 2.29. The number of piperazine rings is 1. The molecule has 2 aliphatic rings. The van der Waals surface area contributed by atoms with E-state index in [-0.39, 0.29) is 11.4 Å². The highest BCUT2D eigenvalue weighted by atomic mass is 16.2. The number of rotatable bonds is 3. The van der Waals surface area contributed by atoms with Gasteiger partial charge in [0.05, 0.1) is 6.54 Å². The van der Waals surface area contributed by atoms with Crippen molar-refractivity contribution in [1.29, 1.82) is 0 Å². The first kappa shape index (κ1) is 10.9. The molecular formula is C11H21N3O. The Labute approximate surface area is 91.4 Å². The maximum atomic E-state index is 11.9. The van der Waals surface area contributed by atoms with Gasteiger partial charge in [-0.05, 0) is 26.7 Å². The first-order valence-corrected chi connectivity index (χ1v) is 5.79. The van der Waals surface area contributed by atoms with E-state index in [2.05, 4.69) is 18.7 Å². The molecule has 0 spiro atoms. The number of nitrogens with zero attached hydrogens (tertiary/aromatic N) is 2. The van der Waals surface area contributed by atoms with Gasteiger partial charge in [-0.3, -0.25) is 9.69 Å². The van der Waals surface area contributed by atoms with E-state index in [1.54, 1.807) is 0 Å². The summed E-state index contributed by atoms with van der Waals surface area (Å²) in [5, 5.41) is 0. The van der Waals surface area contributed by atoms with Crippen molar-refractivity contribution in [1.82, 2.24) is 9.80 Å². The van der Waals surface area contributed by atoms with E-state index >= 15 is 0 Å². The standard InChI is InChI=1S/C11H21N3O/c1-11(2,8-12)13-5-6-14(9-3-4-9)10(15)7-13/h9H,3-8,12H2,1-2H3. The SMILES string of the molecule is CC(C)(CN)N1CCN(C2CC2)C(=O)C1. The van der Waals surface area contributed by atoms with Crippen molar-refractivity contribution in [3.8, 4) is 0 Å². The molecule has 0 radical (unpaired) electrons. The van der Waals surface area contributed by atoms with E-state index in [1.165, 1.54) is 12.8 Å². The Hall–Kier alpha value is -0.610. The zero-order valence-electron chi connectivity index (χ0n) is 9.70. The minimum Gasteiger partial charge on any atom is -0.337 e. The highest BCUT2D eigenvalue weighted by molar-refractivity contribution is 5.79. The van der Waals surface area contributed by atoms with E-state index in [9.17, 15) is 4.79 Å². The minimum atomic E-state index is -0.0503. The van der Waals surface area contributed by atoms with Crippen LogP contribution in [0.3, 0.4) is 0 Å². The molecule has 1 aliphatic heterocycles. The van der Waals surface area contributed by atoms with Crippen LogP contribution in [-0.4, -0.2) is 53.5 Å². The lowest BCUT2D eigenvalue weighted by molar-refractivity contribution is -0.139. The molecule has 1 saturated heterocycles. The van der Waals surface area contributed by atoms with Crippen LogP contribution in [0.15, 0.2) is 0 Å². The second-order valence-electron chi connectivity index (χ2n) is 5.26. The van der Waals surface area contributed by atoms with Crippen molar-refractivity contribution in [2.75, 3.05) is 26.2 Å². The fourth-order valence-corrected chi connectivity index (χ4v) is 2.10. The molecular weight excluding hydrogens is 190 g/mol. The van der Waals surface area contributed by atoms with Gasteiger partial charge in [0.25, 0.3) is 0 Å². The second-order valence-corrected chi connectivity index (χ2v) is 5.26. The molecule has 2 N–H and O–H groups in total. The maximum Gasteiger partial charge on any atom is 0.237 e. The summed E-state index contributed by atoms with van der Waals surface area (Å²) in [6.45, 7) is 7.20. The Morgan fingerprint density at radius 2 is 2.07 bits per heavy atom. The van der Waals surface area contributed by atoms with Gasteiger partial charge in [0, 0.05) is 31.2 Å². The molecule has 1 aliphatic carbocycles. The van der Waals surface area contributed by atoms with Gasteiger partial charge in [0.1, 0.15) is 0 Å². The molecule has 1 amide bonds. The van der Waals surface area contributed by atoms with Crippen LogP contribution in [0.25, 0.3) is 0 Å². The predicted octanol–water partition coefficient (Wildman–Crippen LogP) is 0.0303. The topological polar surface area (TPSA) is 49.6 Å². The zero-order chi connectivity index (χ0) is 11.1. The molecule has 1 heterocycles. The third-order valence-corrected chi connectivity index (χ3v) is 3.60. The maximum absolute atomic E-state index is 11.9. The fourth-order valence-electron chi connectivity index (χ4n) is 2.10. The Kier molecular flexibility index (Phi) is 2.73. The highest BCUT2D eigenvalue weighted by Gasteiger charge is 2.38. The average molecular weight is 211 g/mol. The Morgan fingerprint density at radius 1 is 1.40 bits per heavy atom. The third-order valence-electron chi connectivity index (χ3n) is 3.60. The Bertz CT molecular complexity index is 261. The lowest BCUT2D eigenvalue weighted by atomic mass is 10.0. The molecule has 4 heteroatoms. The number of hydrogen-bond donors (Lipinski definition) is 1. The summed E-state index contributed by atoms with van der Waals surface area (Å²) < 4.78 is 0. The lowest BCUT2D eigenvalue weighted by Gasteiger charge is -2.43. The van der Waals surface area contributed by atoms with Crippen LogP contribution < -0.4 is 5.73 Å². The molecule has 0 unspecified atom stereocenters. The average Bonchev–Trinajstić information content (AvgIpc) is 3.01. The molecule has 4 nitrogen and oxygen atoms in total. The van der Waals surface area contributed by atoms with Crippen molar-refractivity contribution in [3.05, 3.63) is 0 Å². The van der Waals surface area contributed by atoms with Gasteiger partial charge in [0.2, 0.25) is 5.91 Å². The molecule has 2 fully saturated rings. The van der Waals surface area contributed by atoms with E-state index in [4.69, 9.17) is 5.73 Å². The summed E-state index contributed by atoms with van der Waals surface area (Å²) in [6, 6.07) is 0.556. The van der Waals surface area contributed by atoms with Crippen molar-refractivity contribution < 1.29 is 4.79 Å². The van der Waals surface area contributed by atoms with Gasteiger partial charge in [-0.2, -0.15) is 0 Å². The van der Waals surface area contributed by atoms with Crippen molar-refractivity contribution >= 4 is 5.91 Å². The zero-order valence-corrected chi connectivity index (χ0v) is 9.70. The number of hydrogen-bond acceptors (Lipinski definition) is 3. The molecule has 86 valence electrons.